The highest BCUT2D eigenvalue weighted by Gasteiger charge is 2.30. The molecule has 1 amide bonds. The zero-order valence-corrected chi connectivity index (χ0v) is 9.21. The van der Waals surface area contributed by atoms with Crippen molar-refractivity contribution in [3.8, 4) is 0 Å². The van der Waals surface area contributed by atoms with Gasteiger partial charge in [-0.15, -0.1) is 0 Å². The van der Waals surface area contributed by atoms with E-state index in [4.69, 9.17) is 5.73 Å². The molecular formula is C11H13F3N2O. The molecule has 0 aromatic heterocycles. The minimum Gasteiger partial charge on any atom is -0.348 e. The molecule has 3 N–H and O–H groups in total. The van der Waals surface area contributed by atoms with E-state index in [2.05, 4.69) is 5.32 Å². The van der Waals surface area contributed by atoms with Crippen LogP contribution in [0.15, 0.2) is 24.3 Å². The van der Waals surface area contributed by atoms with E-state index >= 15 is 0 Å². The number of carbonyl (C=O) groups is 1. The first-order valence-electron chi connectivity index (χ1n) is 5.01. The van der Waals surface area contributed by atoms with E-state index in [1.54, 1.807) is 6.92 Å². The maximum absolute atomic E-state index is 12.5. The van der Waals surface area contributed by atoms with Crippen molar-refractivity contribution in [2.45, 2.75) is 19.1 Å². The summed E-state index contributed by atoms with van der Waals surface area (Å²) >= 11 is 0. The molecule has 3 nitrogen and oxygen atoms in total. The summed E-state index contributed by atoms with van der Waals surface area (Å²) in [5, 5.41) is 2.49. The van der Waals surface area contributed by atoms with Gasteiger partial charge in [0.25, 0.3) is 0 Å². The standard InChI is InChI=1S/C11H13F3N2O/c1-7(16-10(17)6-15)8-3-2-4-9(5-8)11(12,13)14/h2-5,7H,6,15H2,1H3,(H,16,17). The first-order chi connectivity index (χ1) is 7.84. The highest BCUT2D eigenvalue weighted by molar-refractivity contribution is 5.78. The molecule has 0 spiro atoms. The van der Waals surface area contributed by atoms with Crippen LogP contribution >= 0.6 is 0 Å². The van der Waals surface area contributed by atoms with Gasteiger partial charge in [0.2, 0.25) is 5.91 Å². The third kappa shape index (κ3) is 3.74. The van der Waals surface area contributed by atoms with Gasteiger partial charge in [0.05, 0.1) is 18.2 Å². The summed E-state index contributed by atoms with van der Waals surface area (Å²) in [6, 6.07) is 4.33. The van der Waals surface area contributed by atoms with Gasteiger partial charge in [-0.3, -0.25) is 4.79 Å². The maximum Gasteiger partial charge on any atom is 0.416 e. The highest BCUT2D eigenvalue weighted by atomic mass is 19.4. The van der Waals surface area contributed by atoms with Crippen LogP contribution in [0.2, 0.25) is 0 Å². The quantitative estimate of drug-likeness (QED) is 0.855. The van der Waals surface area contributed by atoms with Crippen LogP contribution in [-0.4, -0.2) is 12.5 Å². The zero-order chi connectivity index (χ0) is 13.1. The van der Waals surface area contributed by atoms with Crippen molar-refractivity contribution in [1.82, 2.24) is 5.32 Å². The van der Waals surface area contributed by atoms with E-state index in [0.717, 1.165) is 12.1 Å². The average molecular weight is 246 g/mol. The van der Waals surface area contributed by atoms with E-state index in [9.17, 15) is 18.0 Å². The van der Waals surface area contributed by atoms with Gasteiger partial charge in [-0.25, -0.2) is 0 Å². The molecule has 1 rings (SSSR count). The number of hydrogen-bond donors (Lipinski definition) is 2. The summed E-state index contributed by atoms with van der Waals surface area (Å²) in [6.45, 7) is 1.41. The molecule has 0 aliphatic heterocycles. The Bertz CT molecular complexity index is 404. The van der Waals surface area contributed by atoms with Crippen molar-refractivity contribution in [3.63, 3.8) is 0 Å². The number of rotatable bonds is 3. The van der Waals surface area contributed by atoms with Gasteiger partial charge in [0, 0.05) is 0 Å². The van der Waals surface area contributed by atoms with Crippen molar-refractivity contribution in [3.05, 3.63) is 35.4 Å². The molecule has 0 fully saturated rings. The predicted octanol–water partition coefficient (Wildman–Crippen LogP) is 1.84. The molecule has 0 aliphatic rings. The topological polar surface area (TPSA) is 55.1 Å². The summed E-state index contributed by atoms with van der Waals surface area (Å²) in [7, 11) is 0. The number of benzene rings is 1. The van der Waals surface area contributed by atoms with Crippen molar-refractivity contribution < 1.29 is 18.0 Å². The Balaban J connectivity index is 2.88. The lowest BCUT2D eigenvalue weighted by molar-refractivity contribution is -0.137. The van der Waals surface area contributed by atoms with Gasteiger partial charge < -0.3 is 11.1 Å². The van der Waals surface area contributed by atoms with Gasteiger partial charge in [-0.1, -0.05) is 12.1 Å². The molecule has 1 unspecified atom stereocenters. The molecule has 0 radical (unpaired) electrons. The molecule has 0 heterocycles. The fourth-order valence-electron chi connectivity index (χ4n) is 1.37. The smallest absolute Gasteiger partial charge is 0.348 e. The lowest BCUT2D eigenvalue weighted by Gasteiger charge is -2.15. The Morgan fingerprint density at radius 3 is 2.65 bits per heavy atom. The third-order valence-corrected chi connectivity index (χ3v) is 2.28. The number of carbonyl (C=O) groups excluding carboxylic acids is 1. The lowest BCUT2D eigenvalue weighted by atomic mass is 10.0. The minimum atomic E-state index is -4.38. The number of nitrogens with two attached hydrogens (primary N) is 1. The van der Waals surface area contributed by atoms with Crippen LogP contribution in [-0.2, 0) is 11.0 Å². The van der Waals surface area contributed by atoms with Gasteiger partial charge in [-0.2, -0.15) is 13.2 Å². The molecule has 0 saturated heterocycles. The Morgan fingerprint density at radius 1 is 1.47 bits per heavy atom. The number of amides is 1. The summed E-state index contributed by atoms with van der Waals surface area (Å²) in [5.41, 5.74) is 4.76. The number of halogens is 3. The first kappa shape index (κ1) is 13.5. The molecule has 0 aliphatic carbocycles. The second kappa shape index (κ2) is 5.18. The van der Waals surface area contributed by atoms with Crippen molar-refractivity contribution in [2.75, 3.05) is 6.54 Å². The van der Waals surface area contributed by atoms with Crippen molar-refractivity contribution >= 4 is 5.91 Å². The predicted molar refractivity (Wildman–Crippen MR) is 57.1 cm³/mol. The second-order valence-electron chi connectivity index (χ2n) is 3.62. The van der Waals surface area contributed by atoms with Crippen LogP contribution in [0, 0.1) is 0 Å². The van der Waals surface area contributed by atoms with E-state index in [0.29, 0.717) is 5.56 Å². The Labute approximate surface area is 96.8 Å². The van der Waals surface area contributed by atoms with Gasteiger partial charge in [0.1, 0.15) is 0 Å². The maximum atomic E-state index is 12.5. The SMILES string of the molecule is CC(NC(=O)CN)c1cccc(C(F)(F)F)c1. The van der Waals surface area contributed by atoms with Crippen molar-refractivity contribution in [2.24, 2.45) is 5.73 Å². The minimum absolute atomic E-state index is 0.191. The van der Waals surface area contributed by atoms with Crippen LogP contribution in [0.1, 0.15) is 24.1 Å². The Kier molecular flexibility index (Phi) is 4.11. The van der Waals surface area contributed by atoms with Gasteiger partial charge in [0.15, 0.2) is 0 Å². The second-order valence-corrected chi connectivity index (χ2v) is 3.62. The first-order valence-corrected chi connectivity index (χ1v) is 5.01. The molecule has 0 bridgehead atoms. The molecule has 1 aromatic carbocycles. The van der Waals surface area contributed by atoms with Gasteiger partial charge >= 0.3 is 6.18 Å². The van der Waals surface area contributed by atoms with E-state index < -0.39 is 23.7 Å². The van der Waals surface area contributed by atoms with Crippen LogP contribution in [0.4, 0.5) is 13.2 Å². The molecular weight excluding hydrogens is 233 g/mol. The molecule has 1 atom stereocenters. The van der Waals surface area contributed by atoms with Gasteiger partial charge in [-0.05, 0) is 24.6 Å². The van der Waals surface area contributed by atoms with Crippen LogP contribution in [0.5, 0.6) is 0 Å². The number of alkyl halides is 3. The summed E-state index contributed by atoms with van der Waals surface area (Å²) < 4.78 is 37.4. The Hall–Kier alpha value is -1.56. The van der Waals surface area contributed by atoms with E-state index in [1.807, 2.05) is 0 Å². The fourth-order valence-corrected chi connectivity index (χ4v) is 1.37. The summed E-state index contributed by atoms with van der Waals surface area (Å²) in [5.74, 6) is -0.407. The van der Waals surface area contributed by atoms with E-state index in [1.165, 1.54) is 12.1 Å². The van der Waals surface area contributed by atoms with Crippen molar-refractivity contribution in [1.29, 1.82) is 0 Å². The van der Waals surface area contributed by atoms with Crippen LogP contribution < -0.4 is 11.1 Å². The normalized spacial score (nSPS) is 13.2. The average Bonchev–Trinajstić information content (AvgIpc) is 2.28. The number of hydrogen-bond acceptors (Lipinski definition) is 2. The third-order valence-electron chi connectivity index (χ3n) is 2.28. The lowest BCUT2D eigenvalue weighted by Crippen LogP contribution is -2.32. The Morgan fingerprint density at radius 2 is 2.12 bits per heavy atom. The fraction of sp³-hybridized carbons (Fsp3) is 0.364. The molecule has 1 aromatic rings. The molecule has 6 heteroatoms. The van der Waals surface area contributed by atoms with Crippen LogP contribution in [0.3, 0.4) is 0 Å². The number of nitrogens with one attached hydrogen (secondary N) is 1. The summed E-state index contributed by atoms with van der Waals surface area (Å²) in [6.07, 6.45) is -4.38. The van der Waals surface area contributed by atoms with E-state index in [-0.39, 0.29) is 6.54 Å². The summed E-state index contributed by atoms with van der Waals surface area (Å²) in [4.78, 5) is 11.0. The van der Waals surface area contributed by atoms with Crippen LogP contribution in [0.25, 0.3) is 0 Å². The zero-order valence-electron chi connectivity index (χ0n) is 9.21. The highest BCUT2D eigenvalue weighted by Crippen LogP contribution is 2.30. The largest absolute Gasteiger partial charge is 0.416 e. The molecule has 17 heavy (non-hydrogen) atoms. The molecule has 0 saturated carbocycles. The molecule has 94 valence electrons. The monoisotopic (exact) mass is 246 g/mol.